The van der Waals surface area contributed by atoms with E-state index < -0.39 is 6.04 Å². The van der Waals surface area contributed by atoms with Gasteiger partial charge in [-0.1, -0.05) is 77.3 Å². The lowest BCUT2D eigenvalue weighted by atomic mass is 10.0. The van der Waals surface area contributed by atoms with Gasteiger partial charge >= 0.3 is 0 Å². The maximum Gasteiger partial charge on any atom is 0.261 e. The number of nitrogens with one attached hydrogen (secondary N) is 1. The van der Waals surface area contributed by atoms with Crippen molar-refractivity contribution in [3.8, 4) is 5.75 Å². The van der Waals surface area contributed by atoms with Gasteiger partial charge in [-0.15, -0.1) is 0 Å². The second-order valence-electron chi connectivity index (χ2n) is 7.61. The number of ether oxygens (including phenoxy) is 1. The third-order valence-electron chi connectivity index (χ3n) is 5.13. The van der Waals surface area contributed by atoms with Gasteiger partial charge in [0, 0.05) is 29.6 Å². The molecule has 0 saturated carbocycles. The molecule has 0 aromatic heterocycles. The fourth-order valence-electron chi connectivity index (χ4n) is 3.45. The fraction of sp³-hybridized carbons (Fsp3) is 0.231. The van der Waals surface area contributed by atoms with Crippen molar-refractivity contribution < 1.29 is 14.3 Å². The number of likely N-dealkylation sites (N-methyl/N-ethyl adjacent to an activating group) is 1. The van der Waals surface area contributed by atoms with E-state index in [0.29, 0.717) is 33.8 Å². The molecule has 0 saturated heterocycles. The van der Waals surface area contributed by atoms with Crippen LogP contribution in [-0.2, 0) is 22.6 Å². The van der Waals surface area contributed by atoms with Crippen LogP contribution in [-0.4, -0.2) is 35.9 Å². The molecule has 0 aliphatic carbocycles. The first-order chi connectivity index (χ1) is 16.4. The van der Waals surface area contributed by atoms with Gasteiger partial charge < -0.3 is 15.0 Å². The number of amides is 2. The van der Waals surface area contributed by atoms with Crippen molar-refractivity contribution in [3.63, 3.8) is 0 Å². The minimum Gasteiger partial charge on any atom is -0.482 e. The van der Waals surface area contributed by atoms with Crippen LogP contribution in [0.5, 0.6) is 5.75 Å². The minimum absolute atomic E-state index is 0.211. The smallest absolute Gasteiger partial charge is 0.261 e. The van der Waals surface area contributed by atoms with Crippen LogP contribution in [0.2, 0.25) is 15.1 Å². The molecule has 0 unspecified atom stereocenters. The van der Waals surface area contributed by atoms with E-state index >= 15 is 0 Å². The number of benzene rings is 3. The van der Waals surface area contributed by atoms with E-state index in [0.717, 1.165) is 11.1 Å². The van der Waals surface area contributed by atoms with Gasteiger partial charge in [0.25, 0.3) is 5.91 Å². The van der Waals surface area contributed by atoms with Crippen molar-refractivity contribution in [3.05, 3.63) is 99.0 Å². The Balaban J connectivity index is 1.89. The van der Waals surface area contributed by atoms with Crippen molar-refractivity contribution in [1.29, 1.82) is 0 Å². The SMILES string of the molecule is CCNC(=O)[C@@H](Cc1ccccc1)N(Cc1ccc(Cl)cc1)C(=O)COc1ccc(Cl)cc1Cl. The number of nitrogens with zero attached hydrogens (tertiary/aromatic N) is 1. The zero-order valence-electron chi connectivity index (χ0n) is 18.6. The molecular weight excluding hydrogens is 495 g/mol. The molecule has 3 aromatic rings. The summed E-state index contributed by atoms with van der Waals surface area (Å²) in [5.74, 6) is -0.255. The zero-order valence-corrected chi connectivity index (χ0v) is 20.9. The predicted octanol–water partition coefficient (Wildman–Crippen LogP) is 5.80. The van der Waals surface area contributed by atoms with Gasteiger partial charge in [-0.25, -0.2) is 0 Å². The maximum atomic E-state index is 13.4. The Morgan fingerprint density at radius 2 is 1.59 bits per heavy atom. The molecule has 0 aliphatic heterocycles. The quantitative estimate of drug-likeness (QED) is 0.368. The number of carbonyl (C=O) groups is 2. The standard InChI is InChI=1S/C26H25Cl3N2O3/c1-2-30-26(33)23(14-18-6-4-3-5-7-18)31(16-19-8-10-20(27)11-9-19)25(32)17-34-24-13-12-21(28)15-22(24)29/h3-13,15,23H,2,14,16-17H2,1H3,(H,30,33)/t23-/m1/s1. The molecule has 0 heterocycles. The first-order valence-corrected chi connectivity index (χ1v) is 11.9. The number of halogens is 3. The number of carbonyl (C=O) groups excluding carboxylic acids is 2. The molecule has 0 fully saturated rings. The Hall–Kier alpha value is -2.73. The Morgan fingerprint density at radius 1 is 0.912 bits per heavy atom. The molecule has 0 spiro atoms. The van der Waals surface area contributed by atoms with E-state index in [2.05, 4.69) is 5.32 Å². The van der Waals surface area contributed by atoms with Crippen molar-refractivity contribution in [2.45, 2.75) is 25.9 Å². The Morgan fingerprint density at radius 3 is 2.24 bits per heavy atom. The average molecular weight is 520 g/mol. The van der Waals surface area contributed by atoms with Crippen LogP contribution in [0, 0.1) is 0 Å². The summed E-state index contributed by atoms with van der Waals surface area (Å²) in [4.78, 5) is 28.1. The Bertz CT molecular complexity index is 1110. The second-order valence-corrected chi connectivity index (χ2v) is 8.89. The molecule has 8 heteroatoms. The molecule has 1 N–H and O–H groups in total. The third kappa shape index (κ3) is 7.39. The molecule has 0 bridgehead atoms. The van der Waals surface area contributed by atoms with E-state index in [9.17, 15) is 9.59 Å². The monoisotopic (exact) mass is 518 g/mol. The van der Waals surface area contributed by atoms with Crippen molar-refractivity contribution >= 4 is 46.6 Å². The largest absolute Gasteiger partial charge is 0.482 e. The molecule has 5 nitrogen and oxygen atoms in total. The van der Waals surface area contributed by atoms with Gasteiger partial charge in [0.15, 0.2) is 6.61 Å². The summed E-state index contributed by atoms with van der Waals surface area (Å²) in [5, 5.41) is 4.21. The highest BCUT2D eigenvalue weighted by Crippen LogP contribution is 2.27. The van der Waals surface area contributed by atoms with Gasteiger partial charge in [-0.05, 0) is 48.4 Å². The maximum absolute atomic E-state index is 13.4. The molecule has 3 rings (SSSR count). The fourth-order valence-corrected chi connectivity index (χ4v) is 4.04. The lowest BCUT2D eigenvalue weighted by Gasteiger charge is -2.31. The molecular formula is C26H25Cl3N2O3. The van der Waals surface area contributed by atoms with Gasteiger partial charge in [0.2, 0.25) is 5.91 Å². The lowest BCUT2D eigenvalue weighted by Crippen LogP contribution is -2.51. The van der Waals surface area contributed by atoms with Crippen molar-refractivity contribution in [1.82, 2.24) is 10.2 Å². The van der Waals surface area contributed by atoms with Crippen molar-refractivity contribution in [2.24, 2.45) is 0 Å². The first kappa shape index (κ1) is 25.9. The van der Waals surface area contributed by atoms with Crippen LogP contribution in [0.4, 0.5) is 0 Å². The number of rotatable bonds is 10. The topological polar surface area (TPSA) is 58.6 Å². The van der Waals surface area contributed by atoms with Gasteiger partial charge in [-0.3, -0.25) is 9.59 Å². The molecule has 0 radical (unpaired) electrons. The van der Waals surface area contributed by atoms with Gasteiger partial charge in [0.1, 0.15) is 11.8 Å². The highest BCUT2D eigenvalue weighted by Gasteiger charge is 2.30. The average Bonchev–Trinajstić information content (AvgIpc) is 2.82. The first-order valence-electron chi connectivity index (χ1n) is 10.8. The minimum atomic E-state index is -0.741. The van der Waals surface area contributed by atoms with E-state index in [1.807, 2.05) is 49.4 Å². The van der Waals surface area contributed by atoms with Crippen LogP contribution in [0.1, 0.15) is 18.1 Å². The van der Waals surface area contributed by atoms with Crippen LogP contribution in [0.15, 0.2) is 72.8 Å². The summed E-state index contributed by atoms with van der Waals surface area (Å²) in [7, 11) is 0. The molecule has 0 aliphatic rings. The summed E-state index contributed by atoms with van der Waals surface area (Å²) in [6.07, 6.45) is 0.355. The normalized spacial score (nSPS) is 11.5. The zero-order chi connectivity index (χ0) is 24.5. The number of hydrogen-bond donors (Lipinski definition) is 1. The summed E-state index contributed by atoms with van der Waals surface area (Å²) < 4.78 is 5.70. The molecule has 3 aromatic carbocycles. The second kappa shape index (κ2) is 12.7. The molecule has 34 heavy (non-hydrogen) atoms. The van der Waals surface area contributed by atoms with Crippen LogP contribution >= 0.6 is 34.8 Å². The Labute approximate surface area is 214 Å². The van der Waals surface area contributed by atoms with E-state index in [1.54, 1.807) is 30.3 Å². The molecule has 1 atom stereocenters. The van der Waals surface area contributed by atoms with Crippen LogP contribution in [0.3, 0.4) is 0 Å². The summed E-state index contributed by atoms with van der Waals surface area (Å²) >= 11 is 18.2. The summed E-state index contributed by atoms with van der Waals surface area (Å²) in [5.41, 5.74) is 1.78. The van der Waals surface area contributed by atoms with E-state index in [-0.39, 0.29) is 25.0 Å². The summed E-state index contributed by atoms with van der Waals surface area (Å²) in [6, 6.07) is 20.8. The van der Waals surface area contributed by atoms with Crippen LogP contribution in [0.25, 0.3) is 0 Å². The molecule has 178 valence electrons. The highest BCUT2D eigenvalue weighted by molar-refractivity contribution is 6.35. The van der Waals surface area contributed by atoms with E-state index in [1.165, 1.54) is 4.90 Å². The Kier molecular flexibility index (Phi) is 9.63. The van der Waals surface area contributed by atoms with E-state index in [4.69, 9.17) is 39.5 Å². The predicted molar refractivity (Wildman–Crippen MR) is 137 cm³/mol. The highest BCUT2D eigenvalue weighted by atomic mass is 35.5. The number of hydrogen-bond acceptors (Lipinski definition) is 3. The summed E-state index contributed by atoms with van der Waals surface area (Å²) in [6.45, 7) is 2.21. The third-order valence-corrected chi connectivity index (χ3v) is 5.92. The lowest BCUT2D eigenvalue weighted by molar-refractivity contribution is -0.142. The van der Waals surface area contributed by atoms with Gasteiger partial charge in [0.05, 0.1) is 5.02 Å². The molecule has 2 amide bonds. The van der Waals surface area contributed by atoms with Crippen LogP contribution < -0.4 is 10.1 Å². The van der Waals surface area contributed by atoms with Crippen molar-refractivity contribution in [2.75, 3.05) is 13.2 Å². The van der Waals surface area contributed by atoms with Gasteiger partial charge in [-0.2, -0.15) is 0 Å².